The molecule has 0 N–H and O–H groups in total. The molecule has 1 aromatic rings. The molecule has 5 heteroatoms. The van der Waals surface area contributed by atoms with Crippen molar-refractivity contribution in [3.8, 4) is 0 Å². The number of hydrogen-bond donors (Lipinski definition) is 0. The Morgan fingerprint density at radius 1 is 1.20 bits per heavy atom. The van der Waals surface area contributed by atoms with Crippen LogP contribution in [0.15, 0.2) is 29.2 Å². The summed E-state index contributed by atoms with van der Waals surface area (Å²) in [4.78, 5) is 0.0479. The van der Waals surface area contributed by atoms with Crippen molar-refractivity contribution in [2.24, 2.45) is 11.3 Å². The van der Waals surface area contributed by atoms with E-state index in [0.717, 1.165) is 18.9 Å². The fraction of sp³-hybridized carbons (Fsp3) is 0.600. The number of nitrogens with zero attached hydrogens (tertiary/aromatic N) is 1. The number of hydrogen-bond acceptors (Lipinski definition) is 2. The lowest BCUT2D eigenvalue weighted by Gasteiger charge is -2.38. The summed E-state index contributed by atoms with van der Waals surface area (Å²) in [6.45, 7) is 7.60. The van der Waals surface area contributed by atoms with Crippen molar-refractivity contribution in [2.75, 3.05) is 13.1 Å². The van der Waals surface area contributed by atoms with Crippen LogP contribution in [0.4, 0.5) is 4.39 Å². The summed E-state index contributed by atoms with van der Waals surface area (Å²) in [7, 11) is -3.56. The molecule has 0 unspecified atom stereocenters. The Morgan fingerprint density at radius 2 is 1.80 bits per heavy atom. The molecule has 1 aromatic carbocycles. The average molecular weight is 299 g/mol. The van der Waals surface area contributed by atoms with Gasteiger partial charge in [0.15, 0.2) is 0 Å². The van der Waals surface area contributed by atoms with Crippen LogP contribution in [-0.2, 0) is 10.0 Å². The normalized spacial score (nSPS) is 19.2. The van der Waals surface area contributed by atoms with Gasteiger partial charge < -0.3 is 0 Å². The molecule has 1 aliphatic rings. The molecular formula is C15H22FNO2S. The van der Waals surface area contributed by atoms with E-state index in [0.29, 0.717) is 19.0 Å². The van der Waals surface area contributed by atoms with Gasteiger partial charge in [0, 0.05) is 13.1 Å². The Kier molecular flexibility index (Phi) is 4.21. The molecule has 0 spiro atoms. The van der Waals surface area contributed by atoms with Crippen LogP contribution in [0.1, 0.15) is 33.6 Å². The minimum atomic E-state index is -3.56. The van der Waals surface area contributed by atoms with Gasteiger partial charge in [-0.2, -0.15) is 4.31 Å². The van der Waals surface area contributed by atoms with E-state index in [2.05, 4.69) is 20.8 Å². The van der Waals surface area contributed by atoms with Gasteiger partial charge in [0.1, 0.15) is 5.82 Å². The quantitative estimate of drug-likeness (QED) is 0.840. The molecule has 0 radical (unpaired) electrons. The summed E-state index contributed by atoms with van der Waals surface area (Å²) in [6, 6.07) is 5.23. The van der Waals surface area contributed by atoms with Gasteiger partial charge >= 0.3 is 0 Å². The molecule has 0 bridgehead atoms. The average Bonchev–Trinajstić information content (AvgIpc) is 2.38. The molecule has 0 atom stereocenters. The number of piperidine rings is 1. The summed E-state index contributed by atoms with van der Waals surface area (Å²) in [5.41, 5.74) is 0.203. The van der Waals surface area contributed by atoms with Crippen molar-refractivity contribution in [2.45, 2.75) is 38.5 Å². The molecule has 3 nitrogen and oxygen atoms in total. The monoisotopic (exact) mass is 299 g/mol. The summed E-state index contributed by atoms with van der Waals surface area (Å²) in [6.07, 6.45) is 1.72. The second kappa shape index (κ2) is 5.45. The van der Waals surface area contributed by atoms with E-state index in [1.807, 2.05) is 0 Å². The highest BCUT2D eigenvalue weighted by molar-refractivity contribution is 7.89. The maximum Gasteiger partial charge on any atom is 0.243 e. The SMILES string of the molecule is CC(C)(C)C1CCN(S(=O)(=O)c2cccc(F)c2)CC1. The van der Waals surface area contributed by atoms with Crippen molar-refractivity contribution in [1.29, 1.82) is 0 Å². The zero-order valence-electron chi connectivity index (χ0n) is 12.3. The number of halogens is 1. The molecular weight excluding hydrogens is 277 g/mol. The first-order chi connectivity index (χ1) is 9.21. The van der Waals surface area contributed by atoms with Gasteiger partial charge in [-0.3, -0.25) is 0 Å². The van der Waals surface area contributed by atoms with Crippen molar-refractivity contribution < 1.29 is 12.8 Å². The lowest BCUT2D eigenvalue weighted by molar-refractivity contribution is 0.154. The van der Waals surface area contributed by atoms with Crippen molar-refractivity contribution in [3.05, 3.63) is 30.1 Å². The molecule has 0 aromatic heterocycles. The number of benzene rings is 1. The largest absolute Gasteiger partial charge is 0.243 e. The Bertz CT molecular complexity index is 570. The Labute approximate surface area is 120 Å². The third-order valence-electron chi connectivity index (χ3n) is 4.11. The minimum Gasteiger partial charge on any atom is -0.207 e. The summed E-state index contributed by atoms with van der Waals surface area (Å²) < 4.78 is 39.6. The molecule has 1 saturated heterocycles. The van der Waals surface area contributed by atoms with Gasteiger partial charge in [-0.05, 0) is 42.4 Å². The van der Waals surface area contributed by atoms with Gasteiger partial charge in [0.25, 0.3) is 0 Å². The Balaban J connectivity index is 2.14. The van der Waals surface area contributed by atoms with E-state index in [4.69, 9.17) is 0 Å². The van der Waals surface area contributed by atoms with E-state index in [9.17, 15) is 12.8 Å². The predicted molar refractivity (Wildman–Crippen MR) is 77.3 cm³/mol. The van der Waals surface area contributed by atoms with Crippen LogP contribution in [0.3, 0.4) is 0 Å². The first kappa shape index (κ1) is 15.4. The zero-order valence-corrected chi connectivity index (χ0v) is 13.1. The van der Waals surface area contributed by atoms with E-state index < -0.39 is 15.8 Å². The Morgan fingerprint density at radius 3 is 2.30 bits per heavy atom. The molecule has 20 heavy (non-hydrogen) atoms. The van der Waals surface area contributed by atoms with Gasteiger partial charge in [0.05, 0.1) is 4.90 Å². The van der Waals surface area contributed by atoms with Crippen LogP contribution in [0.5, 0.6) is 0 Å². The molecule has 0 aliphatic carbocycles. The van der Waals surface area contributed by atoms with Gasteiger partial charge in [-0.25, -0.2) is 12.8 Å². The lowest BCUT2D eigenvalue weighted by atomic mass is 9.76. The first-order valence-corrected chi connectivity index (χ1v) is 8.41. The predicted octanol–water partition coefficient (Wildman–Crippen LogP) is 3.27. The topological polar surface area (TPSA) is 37.4 Å². The second-order valence-corrected chi connectivity index (χ2v) is 8.44. The van der Waals surface area contributed by atoms with Gasteiger partial charge in [0.2, 0.25) is 10.0 Å². The van der Waals surface area contributed by atoms with E-state index in [-0.39, 0.29) is 10.3 Å². The summed E-state index contributed by atoms with van der Waals surface area (Å²) in [5.74, 6) is 0.0112. The Hall–Kier alpha value is -0.940. The van der Waals surface area contributed by atoms with E-state index in [1.54, 1.807) is 0 Å². The zero-order chi connectivity index (χ0) is 15.0. The number of rotatable bonds is 2. The molecule has 2 rings (SSSR count). The first-order valence-electron chi connectivity index (χ1n) is 6.97. The lowest BCUT2D eigenvalue weighted by Crippen LogP contribution is -2.41. The highest BCUT2D eigenvalue weighted by Gasteiger charge is 2.33. The van der Waals surface area contributed by atoms with Crippen molar-refractivity contribution >= 4 is 10.0 Å². The van der Waals surface area contributed by atoms with Crippen LogP contribution < -0.4 is 0 Å². The smallest absolute Gasteiger partial charge is 0.207 e. The summed E-state index contributed by atoms with van der Waals surface area (Å²) in [5, 5.41) is 0. The molecule has 112 valence electrons. The van der Waals surface area contributed by atoms with Crippen LogP contribution in [-0.4, -0.2) is 25.8 Å². The van der Waals surface area contributed by atoms with Crippen LogP contribution >= 0.6 is 0 Å². The van der Waals surface area contributed by atoms with Gasteiger partial charge in [-0.15, -0.1) is 0 Å². The van der Waals surface area contributed by atoms with E-state index in [1.165, 1.54) is 22.5 Å². The molecule has 0 saturated carbocycles. The fourth-order valence-corrected chi connectivity index (χ4v) is 4.24. The maximum absolute atomic E-state index is 13.2. The number of sulfonamides is 1. The van der Waals surface area contributed by atoms with Crippen LogP contribution in [0.2, 0.25) is 0 Å². The molecule has 1 aliphatic heterocycles. The van der Waals surface area contributed by atoms with Gasteiger partial charge in [-0.1, -0.05) is 26.8 Å². The third kappa shape index (κ3) is 3.20. The van der Waals surface area contributed by atoms with E-state index >= 15 is 0 Å². The van der Waals surface area contributed by atoms with Crippen molar-refractivity contribution in [1.82, 2.24) is 4.31 Å². The second-order valence-electron chi connectivity index (χ2n) is 6.50. The minimum absolute atomic E-state index is 0.0479. The highest BCUT2D eigenvalue weighted by Crippen LogP contribution is 2.35. The van der Waals surface area contributed by atoms with Crippen LogP contribution in [0.25, 0.3) is 0 Å². The fourth-order valence-electron chi connectivity index (χ4n) is 2.74. The van der Waals surface area contributed by atoms with Crippen molar-refractivity contribution in [3.63, 3.8) is 0 Å². The summed E-state index contributed by atoms with van der Waals surface area (Å²) >= 11 is 0. The highest BCUT2D eigenvalue weighted by atomic mass is 32.2. The standard InChI is InChI=1S/C15H22FNO2S/c1-15(2,3)12-7-9-17(10-8-12)20(18,19)14-6-4-5-13(16)11-14/h4-6,11-12H,7-10H2,1-3H3. The molecule has 0 amide bonds. The maximum atomic E-state index is 13.2. The van der Waals surface area contributed by atoms with Crippen LogP contribution in [0, 0.1) is 17.2 Å². The molecule has 1 fully saturated rings. The molecule has 1 heterocycles. The third-order valence-corrected chi connectivity index (χ3v) is 6.01.